The van der Waals surface area contributed by atoms with Crippen LogP contribution in [0.15, 0.2) is 40.9 Å². The zero-order valence-electron chi connectivity index (χ0n) is 10.2. The van der Waals surface area contributed by atoms with Crippen molar-refractivity contribution in [1.29, 1.82) is 0 Å². The quantitative estimate of drug-likeness (QED) is 0.803. The first-order chi connectivity index (χ1) is 9.22. The van der Waals surface area contributed by atoms with Gasteiger partial charge >= 0.3 is 0 Å². The predicted octanol–water partition coefficient (Wildman–Crippen LogP) is 2.45. The Balaban J connectivity index is 1.83. The molecule has 0 amide bonds. The van der Waals surface area contributed by atoms with Gasteiger partial charge in [-0.1, -0.05) is 28.1 Å². The Bertz CT molecular complexity index is 710. The molecule has 0 aliphatic heterocycles. The minimum Gasteiger partial charge on any atom is -0.362 e. The highest BCUT2D eigenvalue weighted by Crippen LogP contribution is 2.21. The second-order valence-electron chi connectivity index (χ2n) is 4.17. The molecule has 0 spiro atoms. The molecule has 2 heterocycles. The van der Waals surface area contributed by atoms with Gasteiger partial charge in [0.25, 0.3) is 0 Å². The zero-order chi connectivity index (χ0) is 13.2. The number of hydrogen-bond donors (Lipinski definition) is 1. The summed E-state index contributed by atoms with van der Waals surface area (Å²) in [5.41, 5.74) is 1.80. The van der Waals surface area contributed by atoms with Crippen LogP contribution in [0.5, 0.6) is 0 Å². The standard InChI is InChI=1S/C12H11BrN6/c1-8(9-3-2-4-10(13)7-9)14-11-5-6-12-15-17-18-19(12)16-11/h2-8H,1H3,(H,14,16). The van der Waals surface area contributed by atoms with Crippen molar-refractivity contribution in [2.75, 3.05) is 5.32 Å². The summed E-state index contributed by atoms with van der Waals surface area (Å²) in [5, 5.41) is 18.7. The van der Waals surface area contributed by atoms with E-state index in [-0.39, 0.29) is 6.04 Å². The molecule has 1 N–H and O–H groups in total. The Labute approximate surface area is 118 Å². The number of rotatable bonds is 3. The number of aromatic nitrogens is 5. The van der Waals surface area contributed by atoms with Gasteiger partial charge in [-0.3, -0.25) is 0 Å². The second kappa shape index (κ2) is 4.93. The first kappa shape index (κ1) is 12.0. The Kier molecular flexibility index (Phi) is 3.12. The summed E-state index contributed by atoms with van der Waals surface area (Å²) in [6, 6.07) is 12.0. The van der Waals surface area contributed by atoms with Crippen molar-refractivity contribution in [3.8, 4) is 0 Å². The van der Waals surface area contributed by atoms with Crippen LogP contribution in [0.3, 0.4) is 0 Å². The fraction of sp³-hybridized carbons (Fsp3) is 0.167. The van der Waals surface area contributed by atoms with E-state index in [0.717, 1.165) is 10.3 Å². The van der Waals surface area contributed by atoms with Crippen LogP contribution < -0.4 is 5.32 Å². The van der Waals surface area contributed by atoms with Crippen molar-refractivity contribution in [3.63, 3.8) is 0 Å². The van der Waals surface area contributed by atoms with E-state index >= 15 is 0 Å². The van der Waals surface area contributed by atoms with E-state index in [2.05, 4.69) is 60.9 Å². The third kappa shape index (κ3) is 2.55. The summed E-state index contributed by atoms with van der Waals surface area (Å²) < 4.78 is 2.46. The highest BCUT2D eigenvalue weighted by atomic mass is 79.9. The van der Waals surface area contributed by atoms with E-state index in [0.29, 0.717) is 5.65 Å². The molecule has 6 nitrogen and oxygen atoms in total. The average molecular weight is 319 g/mol. The van der Waals surface area contributed by atoms with Crippen molar-refractivity contribution in [3.05, 3.63) is 46.4 Å². The number of nitrogens with zero attached hydrogens (tertiary/aromatic N) is 5. The number of halogens is 1. The van der Waals surface area contributed by atoms with Gasteiger partial charge in [0.15, 0.2) is 5.65 Å². The SMILES string of the molecule is CC(Nc1ccc2nnnn2n1)c1cccc(Br)c1. The minimum atomic E-state index is 0.138. The maximum Gasteiger partial charge on any atom is 0.200 e. The summed E-state index contributed by atoms with van der Waals surface area (Å²) in [7, 11) is 0. The molecule has 0 aliphatic carbocycles. The summed E-state index contributed by atoms with van der Waals surface area (Å²) in [4.78, 5) is 0. The Morgan fingerprint density at radius 2 is 2.16 bits per heavy atom. The van der Waals surface area contributed by atoms with Crippen LogP contribution in [0, 0.1) is 0 Å². The number of hydrogen-bond acceptors (Lipinski definition) is 5. The Morgan fingerprint density at radius 3 is 3.00 bits per heavy atom. The number of fused-ring (bicyclic) bond motifs is 1. The van der Waals surface area contributed by atoms with Crippen molar-refractivity contribution in [1.82, 2.24) is 25.3 Å². The monoisotopic (exact) mass is 318 g/mol. The van der Waals surface area contributed by atoms with Crippen LogP contribution >= 0.6 is 15.9 Å². The molecule has 0 saturated heterocycles. The summed E-state index contributed by atoms with van der Waals surface area (Å²) in [6.07, 6.45) is 0. The largest absolute Gasteiger partial charge is 0.362 e. The van der Waals surface area contributed by atoms with Gasteiger partial charge in [0.05, 0.1) is 6.04 Å². The molecule has 7 heteroatoms. The Hall–Kier alpha value is -2.02. The highest BCUT2D eigenvalue weighted by molar-refractivity contribution is 9.10. The number of nitrogens with one attached hydrogen (secondary N) is 1. The third-order valence-electron chi connectivity index (χ3n) is 2.78. The topological polar surface area (TPSA) is 68.0 Å². The maximum atomic E-state index is 4.28. The van der Waals surface area contributed by atoms with E-state index in [1.165, 1.54) is 10.2 Å². The molecule has 0 saturated carbocycles. The van der Waals surface area contributed by atoms with Gasteiger partial charge in [-0.15, -0.1) is 14.8 Å². The molecule has 0 aliphatic rings. The first-order valence-electron chi connectivity index (χ1n) is 5.80. The lowest BCUT2D eigenvalue weighted by Gasteiger charge is -2.14. The maximum absolute atomic E-state index is 4.28. The normalized spacial score (nSPS) is 12.5. The van der Waals surface area contributed by atoms with Crippen molar-refractivity contribution < 1.29 is 0 Å². The van der Waals surface area contributed by atoms with E-state index in [1.807, 2.05) is 24.3 Å². The van der Waals surface area contributed by atoms with Crippen molar-refractivity contribution in [2.45, 2.75) is 13.0 Å². The molecule has 0 fully saturated rings. The van der Waals surface area contributed by atoms with E-state index in [9.17, 15) is 0 Å². The fourth-order valence-electron chi connectivity index (χ4n) is 1.81. The molecule has 0 radical (unpaired) electrons. The van der Waals surface area contributed by atoms with E-state index < -0.39 is 0 Å². The van der Waals surface area contributed by atoms with Crippen LogP contribution in [0.4, 0.5) is 5.82 Å². The number of anilines is 1. The fourth-order valence-corrected chi connectivity index (χ4v) is 2.22. The molecule has 96 valence electrons. The molecular formula is C12H11BrN6. The molecule has 19 heavy (non-hydrogen) atoms. The van der Waals surface area contributed by atoms with Gasteiger partial charge in [0, 0.05) is 4.47 Å². The minimum absolute atomic E-state index is 0.138. The lowest BCUT2D eigenvalue weighted by atomic mass is 10.1. The molecule has 0 bridgehead atoms. The van der Waals surface area contributed by atoms with Crippen LogP contribution in [0.25, 0.3) is 5.65 Å². The van der Waals surface area contributed by atoms with Crippen molar-refractivity contribution >= 4 is 27.4 Å². The first-order valence-corrected chi connectivity index (χ1v) is 6.59. The van der Waals surface area contributed by atoms with E-state index in [1.54, 1.807) is 0 Å². The molecule has 2 aromatic heterocycles. The highest BCUT2D eigenvalue weighted by Gasteiger charge is 2.07. The smallest absolute Gasteiger partial charge is 0.200 e. The number of tetrazole rings is 1. The Morgan fingerprint density at radius 1 is 1.26 bits per heavy atom. The number of benzene rings is 1. The molecule has 3 aromatic rings. The molecular weight excluding hydrogens is 308 g/mol. The van der Waals surface area contributed by atoms with Gasteiger partial charge in [-0.05, 0) is 47.2 Å². The molecule has 1 unspecified atom stereocenters. The van der Waals surface area contributed by atoms with Crippen LogP contribution in [-0.2, 0) is 0 Å². The molecule has 3 rings (SSSR count). The van der Waals surface area contributed by atoms with Gasteiger partial charge < -0.3 is 5.32 Å². The zero-order valence-corrected chi connectivity index (χ0v) is 11.7. The lowest BCUT2D eigenvalue weighted by Crippen LogP contribution is -2.09. The van der Waals surface area contributed by atoms with Gasteiger partial charge in [-0.2, -0.15) is 0 Å². The average Bonchev–Trinajstić information content (AvgIpc) is 2.86. The van der Waals surface area contributed by atoms with E-state index in [4.69, 9.17) is 0 Å². The lowest BCUT2D eigenvalue weighted by molar-refractivity contribution is 0.728. The van der Waals surface area contributed by atoms with Crippen LogP contribution in [0.1, 0.15) is 18.5 Å². The third-order valence-corrected chi connectivity index (χ3v) is 3.28. The van der Waals surface area contributed by atoms with Gasteiger partial charge in [-0.25, -0.2) is 0 Å². The van der Waals surface area contributed by atoms with Crippen LogP contribution in [0.2, 0.25) is 0 Å². The summed E-state index contributed by atoms with van der Waals surface area (Å²) >= 11 is 3.47. The predicted molar refractivity (Wildman–Crippen MR) is 74.8 cm³/mol. The molecule has 1 aromatic carbocycles. The van der Waals surface area contributed by atoms with Crippen LogP contribution in [-0.4, -0.2) is 25.3 Å². The van der Waals surface area contributed by atoms with Gasteiger partial charge in [0.2, 0.25) is 0 Å². The second-order valence-corrected chi connectivity index (χ2v) is 5.08. The van der Waals surface area contributed by atoms with Gasteiger partial charge in [0.1, 0.15) is 5.82 Å². The van der Waals surface area contributed by atoms with Crippen molar-refractivity contribution in [2.24, 2.45) is 0 Å². The summed E-state index contributed by atoms with van der Waals surface area (Å²) in [5.74, 6) is 0.729. The summed E-state index contributed by atoms with van der Waals surface area (Å²) in [6.45, 7) is 2.08. The molecule has 1 atom stereocenters.